The summed E-state index contributed by atoms with van der Waals surface area (Å²) < 4.78 is 29.4. The van der Waals surface area contributed by atoms with Crippen LogP contribution in [-0.2, 0) is 26.2 Å². The van der Waals surface area contributed by atoms with E-state index in [-0.39, 0.29) is 17.3 Å². The van der Waals surface area contributed by atoms with Crippen LogP contribution in [0.2, 0.25) is 5.02 Å². The first-order valence-electron chi connectivity index (χ1n) is 11.7. The number of nitrogens with one attached hydrogen (secondary N) is 1. The molecule has 3 rings (SSSR count). The quantitative estimate of drug-likeness (QED) is 0.346. The van der Waals surface area contributed by atoms with Crippen molar-refractivity contribution in [3.8, 4) is 0 Å². The Bertz CT molecular complexity index is 1370. The van der Waals surface area contributed by atoms with E-state index < -0.39 is 28.5 Å². The van der Waals surface area contributed by atoms with Gasteiger partial charge in [0.1, 0.15) is 12.6 Å². The van der Waals surface area contributed by atoms with Crippen molar-refractivity contribution in [2.24, 2.45) is 0 Å². The second kappa shape index (κ2) is 12.6. The van der Waals surface area contributed by atoms with Crippen LogP contribution in [0.15, 0.2) is 82.2 Å². The fraction of sp³-hybridized carbons (Fsp3) is 0.259. The van der Waals surface area contributed by atoms with Crippen LogP contribution in [0.3, 0.4) is 0 Å². The highest BCUT2D eigenvalue weighted by Gasteiger charge is 2.32. The summed E-state index contributed by atoms with van der Waals surface area (Å²) in [4.78, 5) is 27.9. The summed E-state index contributed by atoms with van der Waals surface area (Å²) in [6.45, 7) is 5.30. The molecule has 1 N–H and O–H groups in total. The molecule has 0 bridgehead atoms. The monoisotopic (exact) mass is 605 g/mol. The molecule has 0 aromatic heterocycles. The molecule has 0 radical (unpaired) electrons. The van der Waals surface area contributed by atoms with Gasteiger partial charge in [0.05, 0.1) is 10.6 Å². The normalized spacial score (nSPS) is 12.0. The first-order valence-corrected chi connectivity index (χ1v) is 14.3. The van der Waals surface area contributed by atoms with Gasteiger partial charge in [0.2, 0.25) is 11.8 Å². The number of halogens is 2. The molecule has 0 aliphatic carbocycles. The van der Waals surface area contributed by atoms with Crippen LogP contribution < -0.4 is 9.62 Å². The van der Waals surface area contributed by atoms with E-state index in [1.807, 2.05) is 37.3 Å². The molecule has 1 unspecified atom stereocenters. The van der Waals surface area contributed by atoms with E-state index in [0.717, 1.165) is 19.9 Å². The van der Waals surface area contributed by atoms with Gasteiger partial charge in [-0.25, -0.2) is 8.42 Å². The van der Waals surface area contributed by atoms with E-state index in [2.05, 4.69) is 21.2 Å². The second-order valence-electron chi connectivity index (χ2n) is 8.53. The van der Waals surface area contributed by atoms with Gasteiger partial charge >= 0.3 is 0 Å². The number of benzene rings is 3. The lowest BCUT2D eigenvalue weighted by molar-refractivity contribution is -0.139. The number of hydrogen-bond donors (Lipinski definition) is 1. The molecule has 0 aliphatic rings. The zero-order chi connectivity index (χ0) is 27.2. The molecule has 7 nitrogen and oxygen atoms in total. The molecule has 2 amide bonds. The number of aryl methyl sites for hydroxylation is 1. The first kappa shape index (κ1) is 28.7. The maximum atomic E-state index is 13.8. The molecule has 3 aromatic carbocycles. The lowest BCUT2D eigenvalue weighted by Crippen LogP contribution is -2.51. The average molecular weight is 607 g/mol. The van der Waals surface area contributed by atoms with Crippen molar-refractivity contribution in [3.05, 3.63) is 93.4 Å². The molecular formula is C27H29BrClN3O4S. The van der Waals surface area contributed by atoms with Crippen LogP contribution in [0.4, 0.5) is 5.69 Å². The van der Waals surface area contributed by atoms with Gasteiger partial charge in [0.25, 0.3) is 10.0 Å². The van der Waals surface area contributed by atoms with Crippen molar-refractivity contribution in [3.63, 3.8) is 0 Å². The van der Waals surface area contributed by atoms with Gasteiger partial charge in [0, 0.05) is 22.6 Å². The first-order chi connectivity index (χ1) is 17.5. The second-order valence-corrected chi connectivity index (χ2v) is 11.7. The van der Waals surface area contributed by atoms with Crippen molar-refractivity contribution in [1.29, 1.82) is 0 Å². The van der Waals surface area contributed by atoms with Crippen LogP contribution in [0.25, 0.3) is 0 Å². The number of nitrogens with zero attached hydrogens (tertiary/aromatic N) is 2. The minimum Gasteiger partial charge on any atom is -0.355 e. The number of rotatable bonds is 10. The van der Waals surface area contributed by atoms with Crippen LogP contribution in [0.1, 0.15) is 25.0 Å². The highest BCUT2D eigenvalue weighted by Crippen LogP contribution is 2.26. The smallest absolute Gasteiger partial charge is 0.264 e. The number of likely N-dealkylation sites (N-methyl/N-ethyl adjacent to an activating group) is 1. The van der Waals surface area contributed by atoms with E-state index in [0.29, 0.717) is 17.3 Å². The summed E-state index contributed by atoms with van der Waals surface area (Å²) >= 11 is 9.41. The van der Waals surface area contributed by atoms with Crippen LogP contribution in [0, 0.1) is 6.92 Å². The Hall–Kier alpha value is -2.88. The Morgan fingerprint density at radius 2 is 1.70 bits per heavy atom. The number of sulfonamides is 1. The van der Waals surface area contributed by atoms with E-state index in [9.17, 15) is 18.0 Å². The highest BCUT2D eigenvalue weighted by atomic mass is 79.9. The fourth-order valence-corrected chi connectivity index (χ4v) is 5.76. The summed E-state index contributed by atoms with van der Waals surface area (Å²) in [5.41, 5.74) is 1.97. The highest BCUT2D eigenvalue weighted by molar-refractivity contribution is 9.10. The number of amides is 2. The van der Waals surface area contributed by atoms with Gasteiger partial charge in [-0.1, -0.05) is 51.8 Å². The van der Waals surface area contributed by atoms with Crippen molar-refractivity contribution in [2.75, 3.05) is 17.4 Å². The third-order valence-corrected chi connectivity index (χ3v) is 8.26. The molecule has 0 fully saturated rings. The van der Waals surface area contributed by atoms with Gasteiger partial charge < -0.3 is 10.2 Å². The zero-order valence-electron chi connectivity index (χ0n) is 20.8. The third kappa shape index (κ3) is 7.34. The van der Waals surface area contributed by atoms with Crippen molar-refractivity contribution >= 4 is 55.1 Å². The summed E-state index contributed by atoms with van der Waals surface area (Å²) in [6.07, 6.45) is 0. The molecule has 0 spiro atoms. The molecule has 37 heavy (non-hydrogen) atoms. The van der Waals surface area contributed by atoms with Crippen LogP contribution in [-0.4, -0.2) is 44.3 Å². The summed E-state index contributed by atoms with van der Waals surface area (Å²) in [5.74, 6) is -0.841. The van der Waals surface area contributed by atoms with Gasteiger partial charge in [-0.3, -0.25) is 13.9 Å². The predicted octanol–water partition coefficient (Wildman–Crippen LogP) is 5.16. The number of carbonyl (C=O) groups is 2. The predicted molar refractivity (Wildman–Crippen MR) is 150 cm³/mol. The molecule has 1 atom stereocenters. The molecule has 0 aliphatic heterocycles. The average Bonchev–Trinajstić information content (AvgIpc) is 2.85. The standard InChI is InChI=1S/C27H29BrClN3O4S/c1-4-30-27(34)20(3)31(17-21-8-6-9-22(28)16-21)26(33)18-32(24-10-5-7-19(2)15-24)37(35,36)25-13-11-23(29)12-14-25/h5-16,20H,4,17-18H2,1-3H3,(H,30,34). The largest absolute Gasteiger partial charge is 0.355 e. The molecule has 10 heteroatoms. The van der Waals surface area contributed by atoms with Crippen molar-refractivity contribution < 1.29 is 18.0 Å². The van der Waals surface area contributed by atoms with E-state index in [4.69, 9.17) is 11.6 Å². The van der Waals surface area contributed by atoms with E-state index in [1.165, 1.54) is 29.2 Å². The topological polar surface area (TPSA) is 86.8 Å². The molecule has 3 aromatic rings. The van der Waals surface area contributed by atoms with E-state index in [1.54, 1.807) is 32.0 Å². The Labute approximate surface area is 231 Å². The molecular weight excluding hydrogens is 578 g/mol. The summed E-state index contributed by atoms with van der Waals surface area (Å²) in [6, 6.07) is 19.3. The maximum absolute atomic E-state index is 13.8. The number of anilines is 1. The Morgan fingerprint density at radius 1 is 1.03 bits per heavy atom. The maximum Gasteiger partial charge on any atom is 0.264 e. The molecule has 0 saturated carbocycles. The number of carbonyl (C=O) groups excluding carboxylic acids is 2. The lowest BCUT2D eigenvalue weighted by atomic mass is 10.1. The lowest BCUT2D eigenvalue weighted by Gasteiger charge is -2.32. The van der Waals surface area contributed by atoms with E-state index >= 15 is 0 Å². The van der Waals surface area contributed by atoms with Crippen molar-refractivity contribution in [2.45, 2.75) is 38.3 Å². The van der Waals surface area contributed by atoms with Crippen LogP contribution in [0.5, 0.6) is 0 Å². The third-order valence-electron chi connectivity index (χ3n) is 5.73. The Kier molecular flexibility index (Phi) is 9.75. The minimum absolute atomic E-state index is 0.00141. The van der Waals surface area contributed by atoms with Gasteiger partial charge in [0.15, 0.2) is 0 Å². The molecule has 196 valence electrons. The van der Waals surface area contributed by atoms with Gasteiger partial charge in [-0.2, -0.15) is 0 Å². The Morgan fingerprint density at radius 3 is 2.32 bits per heavy atom. The van der Waals surface area contributed by atoms with Crippen LogP contribution >= 0.6 is 27.5 Å². The van der Waals surface area contributed by atoms with Crippen molar-refractivity contribution in [1.82, 2.24) is 10.2 Å². The Balaban J connectivity index is 2.03. The SMILES string of the molecule is CCNC(=O)C(C)N(Cc1cccc(Br)c1)C(=O)CN(c1cccc(C)c1)S(=O)(=O)c1ccc(Cl)cc1. The van der Waals surface area contributed by atoms with Gasteiger partial charge in [-0.05, 0) is 80.4 Å². The fourth-order valence-electron chi connectivity index (χ4n) is 3.78. The molecule has 0 heterocycles. The summed E-state index contributed by atoms with van der Waals surface area (Å²) in [5, 5.41) is 3.14. The van der Waals surface area contributed by atoms with Gasteiger partial charge in [-0.15, -0.1) is 0 Å². The zero-order valence-corrected chi connectivity index (χ0v) is 24.0. The summed E-state index contributed by atoms with van der Waals surface area (Å²) in [7, 11) is -4.13. The molecule has 0 saturated heterocycles. The number of hydrogen-bond acceptors (Lipinski definition) is 4. The minimum atomic E-state index is -4.13.